The van der Waals surface area contributed by atoms with Crippen molar-refractivity contribution in [3.8, 4) is 0 Å². The Bertz CT molecular complexity index is 492. The maximum absolute atomic E-state index is 2.99. The fourth-order valence-electron chi connectivity index (χ4n) is 1.73. The van der Waals surface area contributed by atoms with E-state index in [9.17, 15) is 0 Å². The molecule has 0 fully saturated rings. The van der Waals surface area contributed by atoms with E-state index < -0.39 is 0 Å². The van der Waals surface area contributed by atoms with Crippen LogP contribution in [0, 0.1) is 6.08 Å². The Labute approximate surface area is 126 Å². The number of hydrogen-bond acceptors (Lipinski definition) is 0. The van der Waals surface area contributed by atoms with Crippen molar-refractivity contribution in [1.82, 2.24) is 0 Å². The molecule has 0 spiro atoms. The van der Waals surface area contributed by atoms with Crippen LogP contribution in [-0.4, -0.2) is 13.3 Å². The Morgan fingerprint density at radius 3 is 2.50 bits per heavy atom. The Balaban J connectivity index is 0.000000230. The molecule has 0 nitrogen and oxygen atoms in total. The Kier molecular flexibility index (Phi) is 6.72. The molecule has 2 heteroatoms. The Morgan fingerprint density at radius 1 is 1.22 bits per heavy atom. The summed E-state index contributed by atoms with van der Waals surface area (Å²) in [6, 6.07) is 13.2. The molecule has 0 saturated heterocycles. The smallest absolute Gasteiger partial charge is 0.273 e. The molecule has 18 heavy (non-hydrogen) atoms. The van der Waals surface area contributed by atoms with Gasteiger partial charge in [0, 0.05) is 0 Å². The Morgan fingerprint density at radius 2 is 2.00 bits per heavy atom. The van der Waals surface area contributed by atoms with Crippen molar-refractivity contribution in [2.24, 2.45) is 0 Å². The van der Waals surface area contributed by atoms with Crippen LogP contribution >= 0.6 is 7.92 Å². The number of benzene rings is 1. The predicted octanol–water partition coefficient (Wildman–Crippen LogP) is 4.23. The van der Waals surface area contributed by atoms with Gasteiger partial charge >= 0.3 is 21.7 Å². The van der Waals surface area contributed by atoms with Gasteiger partial charge in [0.1, 0.15) is 0 Å². The monoisotopic (exact) mass is 288 g/mol. The molecule has 0 aliphatic heterocycles. The molecule has 0 heterocycles. The zero-order chi connectivity index (χ0) is 12.1. The molecule has 0 N–H and O–H groups in total. The van der Waals surface area contributed by atoms with Gasteiger partial charge < -0.3 is 0 Å². The first-order valence-electron chi connectivity index (χ1n) is 5.82. The molecule has 1 aliphatic carbocycles. The minimum Gasteiger partial charge on any atom is -0.273 e. The summed E-state index contributed by atoms with van der Waals surface area (Å²) in [5, 5.41) is 4.26. The van der Waals surface area contributed by atoms with Crippen LogP contribution in [0.4, 0.5) is 0 Å². The topological polar surface area (TPSA) is 0 Å². The molecular weight excluding hydrogens is 271 g/mol. The van der Waals surface area contributed by atoms with E-state index in [-0.39, 0.29) is 29.6 Å². The quantitative estimate of drug-likeness (QED) is 0.418. The van der Waals surface area contributed by atoms with E-state index in [2.05, 4.69) is 61.9 Å². The third-order valence-corrected chi connectivity index (χ3v) is 4.00. The van der Waals surface area contributed by atoms with E-state index in [0.717, 1.165) is 6.42 Å². The summed E-state index contributed by atoms with van der Waals surface area (Å²) >= 11 is 0. The second-order valence-electron chi connectivity index (χ2n) is 4.24. The number of hydrogen-bond donors (Lipinski definition) is 0. The maximum atomic E-state index is 2.99. The first kappa shape index (κ1) is 15.5. The van der Waals surface area contributed by atoms with Crippen LogP contribution in [0.5, 0.6) is 0 Å². The van der Waals surface area contributed by atoms with Crippen molar-refractivity contribution in [3.63, 3.8) is 0 Å². The third-order valence-electron chi connectivity index (χ3n) is 2.71. The molecule has 0 amide bonds. The van der Waals surface area contributed by atoms with E-state index in [1.165, 1.54) is 16.1 Å². The molecule has 0 saturated carbocycles. The van der Waals surface area contributed by atoms with Crippen LogP contribution in [0.1, 0.15) is 6.42 Å². The summed E-state index contributed by atoms with van der Waals surface area (Å²) in [5.74, 6) is 0. The van der Waals surface area contributed by atoms with Crippen LogP contribution in [0.3, 0.4) is 0 Å². The van der Waals surface area contributed by atoms with Crippen molar-refractivity contribution in [2.75, 3.05) is 13.3 Å². The van der Waals surface area contributed by atoms with E-state index in [0.29, 0.717) is 0 Å². The van der Waals surface area contributed by atoms with Gasteiger partial charge in [-0.1, -0.05) is 6.07 Å². The van der Waals surface area contributed by atoms with Crippen LogP contribution in [0.25, 0.3) is 10.8 Å². The van der Waals surface area contributed by atoms with Crippen molar-refractivity contribution in [1.29, 1.82) is 0 Å². The fraction of sp³-hybridized carbons (Fsp3) is 0.188. The van der Waals surface area contributed by atoms with Crippen molar-refractivity contribution < 1.29 is 21.7 Å². The summed E-state index contributed by atoms with van der Waals surface area (Å²) in [5.41, 5.74) is 0. The average Bonchev–Trinajstić information content (AvgIpc) is 3.01. The van der Waals surface area contributed by atoms with Gasteiger partial charge in [0.15, 0.2) is 0 Å². The standard InChI is InChI=1S/C11H12P.C5H5.Ti/c1-12(2)11-7-9-5-3-4-6-10(9)8-11;1-2-4-5-3-1;/h3-8H,1-2H3;1-3H,4H2;/q2*-1;+2. The maximum Gasteiger partial charge on any atom is 2.00 e. The molecule has 2 aromatic rings. The van der Waals surface area contributed by atoms with E-state index in [4.69, 9.17) is 0 Å². The van der Waals surface area contributed by atoms with Gasteiger partial charge in [-0.05, 0) is 13.3 Å². The number of allylic oxidation sites excluding steroid dienone is 4. The average molecular weight is 288 g/mol. The molecule has 0 unspecified atom stereocenters. The molecule has 1 aliphatic rings. The number of rotatable bonds is 1. The summed E-state index contributed by atoms with van der Waals surface area (Å²) < 4.78 is 0. The molecular formula is C16H17PTi. The van der Waals surface area contributed by atoms with E-state index in [1.54, 1.807) is 0 Å². The van der Waals surface area contributed by atoms with Crippen LogP contribution in [0.15, 0.2) is 54.6 Å². The SMILES string of the molecule is CP(C)c1cc2ccccc2[cH-]1.[C-]1=CC=CC1.[Ti+2]. The van der Waals surface area contributed by atoms with E-state index in [1.807, 2.05) is 12.2 Å². The minimum atomic E-state index is 0. The van der Waals surface area contributed by atoms with Gasteiger partial charge in [-0.15, -0.1) is 54.7 Å². The number of fused-ring (bicyclic) bond motifs is 1. The van der Waals surface area contributed by atoms with Crippen LogP contribution < -0.4 is 5.30 Å². The van der Waals surface area contributed by atoms with Crippen molar-refractivity contribution in [2.45, 2.75) is 6.42 Å². The second-order valence-corrected chi connectivity index (χ2v) is 6.55. The predicted molar refractivity (Wildman–Crippen MR) is 79.5 cm³/mol. The van der Waals surface area contributed by atoms with Gasteiger partial charge in [0.25, 0.3) is 0 Å². The van der Waals surface area contributed by atoms with E-state index >= 15 is 0 Å². The van der Waals surface area contributed by atoms with Gasteiger partial charge in [0.05, 0.1) is 0 Å². The van der Waals surface area contributed by atoms with Gasteiger partial charge in [-0.3, -0.25) is 6.08 Å². The molecule has 0 atom stereocenters. The molecule has 90 valence electrons. The first-order valence-corrected chi connectivity index (χ1v) is 8.05. The summed E-state index contributed by atoms with van der Waals surface area (Å²) in [7, 11) is 0.0576. The van der Waals surface area contributed by atoms with Gasteiger partial charge in [0.2, 0.25) is 0 Å². The molecule has 0 aromatic heterocycles. The van der Waals surface area contributed by atoms with Crippen molar-refractivity contribution in [3.05, 3.63) is 60.7 Å². The Hall–Kier alpha value is -0.546. The summed E-state index contributed by atoms with van der Waals surface area (Å²) in [6.45, 7) is 4.59. The largest absolute Gasteiger partial charge is 2.00 e. The first-order chi connectivity index (χ1) is 8.27. The van der Waals surface area contributed by atoms with Crippen LogP contribution in [0.2, 0.25) is 0 Å². The fourth-order valence-corrected chi connectivity index (χ4v) is 2.53. The molecule has 0 bridgehead atoms. The second kappa shape index (κ2) is 7.79. The van der Waals surface area contributed by atoms with Gasteiger partial charge in [-0.25, -0.2) is 12.2 Å². The normalized spacial score (nSPS) is 12.4. The summed E-state index contributed by atoms with van der Waals surface area (Å²) in [6.07, 6.45) is 10.0. The summed E-state index contributed by atoms with van der Waals surface area (Å²) in [4.78, 5) is 0. The minimum absolute atomic E-state index is 0. The zero-order valence-electron chi connectivity index (χ0n) is 10.9. The van der Waals surface area contributed by atoms with Crippen LogP contribution in [-0.2, 0) is 21.7 Å². The molecule has 0 radical (unpaired) electrons. The third kappa shape index (κ3) is 4.28. The van der Waals surface area contributed by atoms with Gasteiger partial charge in [-0.2, -0.15) is 12.1 Å². The zero-order valence-corrected chi connectivity index (χ0v) is 13.3. The molecule has 2 aromatic carbocycles. The van der Waals surface area contributed by atoms with Crippen molar-refractivity contribution >= 4 is 24.0 Å². The molecule has 3 rings (SSSR count).